The molecule has 3 N–H and O–H groups in total. The maximum absolute atomic E-state index is 12.1. The van der Waals surface area contributed by atoms with Gasteiger partial charge in [-0.25, -0.2) is 9.78 Å². The molecule has 0 unspecified atom stereocenters. The number of fused-ring (bicyclic) bond motifs is 1. The molecular weight excluding hydrogens is 503 g/mol. The van der Waals surface area contributed by atoms with E-state index in [2.05, 4.69) is 42.0 Å². The predicted molar refractivity (Wildman–Crippen MR) is 128 cm³/mol. The topological polar surface area (TPSA) is 83.3 Å². The number of carbonyl (C=O) groups is 1. The molecule has 0 spiro atoms. The molecule has 0 aliphatic rings. The fourth-order valence-electron chi connectivity index (χ4n) is 2.94. The highest BCUT2D eigenvalue weighted by Gasteiger charge is 2.13. The van der Waals surface area contributed by atoms with Crippen molar-refractivity contribution >= 4 is 62.3 Å². The molecule has 0 aliphatic heterocycles. The molecule has 2 heterocycles. The van der Waals surface area contributed by atoms with Crippen LogP contribution in [0.3, 0.4) is 0 Å². The minimum Gasteiger partial charge on any atom is -0.368 e. The van der Waals surface area contributed by atoms with Crippen LogP contribution in [-0.2, 0) is 0 Å². The highest BCUT2D eigenvalue weighted by molar-refractivity contribution is 9.10. The molecule has 0 saturated carbocycles. The number of aromatic nitrogens is 3. The van der Waals surface area contributed by atoms with Crippen molar-refractivity contribution in [1.82, 2.24) is 19.9 Å². The smallest absolute Gasteiger partial charge is 0.319 e. The average Bonchev–Trinajstić information content (AvgIpc) is 3.14. The van der Waals surface area contributed by atoms with Gasteiger partial charge in [0, 0.05) is 40.5 Å². The maximum Gasteiger partial charge on any atom is 0.319 e. The van der Waals surface area contributed by atoms with E-state index in [0.717, 1.165) is 21.5 Å². The van der Waals surface area contributed by atoms with E-state index in [4.69, 9.17) is 23.2 Å². The number of benzene rings is 2. The number of nitrogens with zero attached hydrogens (tertiary/aromatic N) is 3. The van der Waals surface area contributed by atoms with Crippen molar-refractivity contribution in [1.29, 1.82) is 0 Å². The van der Waals surface area contributed by atoms with Gasteiger partial charge in [0.15, 0.2) is 5.65 Å². The molecule has 0 radical (unpaired) electrons. The van der Waals surface area contributed by atoms with E-state index in [-0.39, 0.29) is 6.03 Å². The Kier molecular flexibility index (Phi) is 6.60. The van der Waals surface area contributed by atoms with Gasteiger partial charge < -0.3 is 16.0 Å². The Balaban J connectivity index is 1.44. The summed E-state index contributed by atoms with van der Waals surface area (Å²) in [5, 5.41) is 14.4. The normalized spacial score (nSPS) is 10.8. The van der Waals surface area contributed by atoms with Crippen molar-refractivity contribution in [2.45, 2.75) is 0 Å². The van der Waals surface area contributed by atoms with E-state index >= 15 is 0 Å². The van der Waals surface area contributed by atoms with Gasteiger partial charge in [-0.3, -0.25) is 0 Å². The van der Waals surface area contributed by atoms with E-state index < -0.39 is 0 Å². The van der Waals surface area contributed by atoms with E-state index in [9.17, 15) is 4.79 Å². The second-order valence-electron chi connectivity index (χ2n) is 6.55. The highest BCUT2D eigenvalue weighted by atomic mass is 79.9. The molecule has 31 heavy (non-hydrogen) atoms. The Labute approximate surface area is 196 Å². The summed E-state index contributed by atoms with van der Waals surface area (Å²) >= 11 is 15.7. The lowest BCUT2D eigenvalue weighted by Crippen LogP contribution is -2.32. The van der Waals surface area contributed by atoms with Crippen LogP contribution in [0.4, 0.5) is 16.3 Å². The van der Waals surface area contributed by atoms with Crippen molar-refractivity contribution < 1.29 is 4.79 Å². The molecule has 2 aromatic heterocycles. The molecule has 158 valence electrons. The largest absolute Gasteiger partial charge is 0.368 e. The van der Waals surface area contributed by atoms with Gasteiger partial charge in [0.2, 0.25) is 0 Å². The van der Waals surface area contributed by atoms with E-state index in [1.165, 1.54) is 0 Å². The fourth-order valence-corrected chi connectivity index (χ4v) is 3.65. The van der Waals surface area contributed by atoms with Crippen LogP contribution < -0.4 is 16.0 Å². The van der Waals surface area contributed by atoms with Crippen LogP contribution in [0.2, 0.25) is 10.0 Å². The molecule has 0 atom stereocenters. The van der Waals surface area contributed by atoms with E-state index in [1.807, 2.05) is 30.3 Å². The number of halogens is 3. The molecule has 4 aromatic rings. The molecule has 4 rings (SSSR count). The zero-order valence-electron chi connectivity index (χ0n) is 16.1. The molecule has 0 aliphatic carbocycles. The summed E-state index contributed by atoms with van der Waals surface area (Å²) in [4.78, 5) is 16.7. The monoisotopic (exact) mass is 518 g/mol. The summed E-state index contributed by atoms with van der Waals surface area (Å²) in [7, 11) is 0. The zero-order valence-corrected chi connectivity index (χ0v) is 19.2. The molecular formula is C21H17BrCl2N6O. The molecule has 0 saturated heterocycles. The quantitative estimate of drug-likeness (QED) is 0.285. The Morgan fingerprint density at radius 1 is 1.06 bits per heavy atom. The van der Waals surface area contributed by atoms with Gasteiger partial charge in [0.1, 0.15) is 5.82 Å². The number of rotatable bonds is 6. The first-order chi connectivity index (χ1) is 15.0. The molecule has 2 aromatic carbocycles. The summed E-state index contributed by atoms with van der Waals surface area (Å²) in [5.74, 6) is 0.727. The summed E-state index contributed by atoms with van der Waals surface area (Å²) in [6.45, 7) is 0.875. The van der Waals surface area contributed by atoms with Crippen molar-refractivity contribution in [3.63, 3.8) is 0 Å². The number of hydrogen-bond donors (Lipinski definition) is 3. The van der Waals surface area contributed by atoms with Crippen LogP contribution >= 0.6 is 39.1 Å². The van der Waals surface area contributed by atoms with Crippen molar-refractivity contribution in [3.05, 3.63) is 75.3 Å². The number of urea groups is 1. The lowest BCUT2D eigenvalue weighted by Gasteiger charge is -2.12. The van der Waals surface area contributed by atoms with Crippen LogP contribution in [0.5, 0.6) is 0 Å². The van der Waals surface area contributed by atoms with E-state index in [1.54, 1.807) is 35.0 Å². The summed E-state index contributed by atoms with van der Waals surface area (Å²) in [6.07, 6.45) is 1.68. The van der Waals surface area contributed by atoms with Gasteiger partial charge >= 0.3 is 6.03 Å². The standard InChI is InChI=1S/C21H17BrCl2N6O/c22-16-12-27-30-19(11-18(29-20(16)30)15-3-1-2-4-17(15)24)25-9-10-26-21(31)28-14-7-5-13(23)6-8-14/h1-8,11-12,25H,9-10H2,(H2,26,28,31). The maximum atomic E-state index is 12.1. The predicted octanol–water partition coefficient (Wildman–Crippen LogP) is 5.70. The Bertz CT molecular complexity index is 1230. The van der Waals surface area contributed by atoms with Gasteiger partial charge in [-0.05, 0) is 46.3 Å². The van der Waals surface area contributed by atoms with Crippen LogP contribution in [-0.4, -0.2) is 33.7 Å². The van der Waals surface area contributed by atoms with Gasteiger partial charge in [-0.2, -0.15) is 9.61 Å². The lowest BCUT2D eigenvalue weighted by molar-refractivity contribution is 0.252. The third kappa shape index (κ3) is 5.10. The minimum absolute atomic E-state index is 0.303. The molecule has 2 amide bonds. The first kappa shape index (κ1) is 21.4. The van der Waals surface area contributed by atoms with Crippen LogP contribution in [0, 0.1) is 0 Å². The molecule has 7 nitrogen and oxygen atoms in total. The highest BCUT2D eigenvalue weighted by Crippen LogP contribution is 2.30. The third-order valence-corrected chi connectivity index (χ3v) is 5.54. The number of nitrogens with one attached hydrogen (secondary N) is 3. The van der Waals surface area contributed by atoms with Gasteiger partial charge in [0.25, 0.3) is 0 Å². The van der Waals surface area contributed by atoms with Gasteiger partial charge in [0.05, 0.1) is 16.4 Å². The second kappa shape index (κ2) is 9.55. The van der Waals surface area contributed by atoms with Crippen molar-refractivity contribution in [3.8, 4) is 11.3 Å². The number of amides is 2. The molecule has 0 bridgehead atoms. The minimum atomic E-state index is -0.303. The van der Waals surface area contributed by atoms with E-state index in [0.29, 0.717) is 34.5 Å². The first-order valence-electron chi connectivity index (χ1n) is 9.35. The average molecular weight is 520 g/mol. The summed E-state index contributed by atoms with van der Waals surface area (Å²) < 4.78 is 2.46. The summed E-state index contributed by atoms with van der Waals surface area (Å²) in [6, 6.07) is 16.0. The van der Waals surface area contributed by atoms with Crippen LogP contribution in [0.1, 0.15) is 0 Å². The Hall–Kier alpha value is -2.81. The first-order valence-corrected chi connectivity index (χ1v) is 10.9. The van der Waals surface area contributed by atoms with Crippen LogP contribution in [0.15, 0.2) is 65.3 Å². The zero-order chi connectivity index (χ0) is 21.8. The fraction of sp³-hybridized carbons (Fsp3) is 0.0952. The molecule has 10 heteroatoms. The Morgan fingerprint density at radius 3 is 2.61 bits per heavy atom. The third-order valence-electron chi connectivity index (χ3n) is 4.40. The second-order valence-corrected chi connectivity index (χ2v) is 8.25. The van der Waals surface area contributed by atoms with Crippen molar-refractivity contribution in [2.75, 3.05) is 23.7 Å². The number of carbonyl (C=O) groups excluding carboxylic acids is 1. The number of anilines is 2. The SMILES string of the molecule is O=C(NCCNc1cc(-c2ccccc2Cl)nc2c(Br)cnn12)Nc1ccc(Cl)cc1. The van der Waals surface area contributed by atoms with Crippen molar-refractivity contribution in [2.24, 2.45) is 0 Å². The Morgan fingerprint density at radius 2 is 1.84 bits per heavy atom. The van der Waals surface area contributed by atoms with Gasteiger partial charge in [-0.15, -0.1) is 0 Å². The molecule has 0 fully saturated rings. The summed E-state index contributed by atoms with van der Waals surface area (Å²) in [5.41, 5.74) is 2.86. The lowest BCUT2D eigenvalue weighted by atomic mass is 10.1. The number of hydrogen-bond acceptors (Lipinski definition) is 4. The van der Waals surface area contributed by atoms with Crippen LogP contribution in [0.25, 0.3) is 16.9 Å². The van der Waals surface area contributed by atoms with Gasteiger partial charge in [-0.1, -0.05) is 41.4 Å².